The zero-order valence-corrected chi connectivity index (χ0v) is 10.8. The molecule has 0 bridgehead atoms. The Morgan fingerprint density at radius 2 is 2.12 bits per heavy atom. The van der Waals surface area contributed by atoms with Gasteiger partial charge in [0.15, 0.2) is 8.68 Å². The van der Waals surface area contributed by atoms with Crippen LogP contribution in [-0.4, -0.2) is 37.7 Å². The fourth-order valence-corrected chi connectivity index (χ4v) is 4.10. The molecule has 0 saturated carbocycles. The van der Waals surface area contributed by atoms with Gasteiger partial charge in [-0.3, -0.25) is 0 Å². The molecule has 1 aromatic rings. The molecule has 0 aromatic carbocycles. The van der Waals surface area contributed by atoms with Crippen LogP contribution in [0.4, 0.5) is 8.78 Å². The number of rotatable bonds is 4. The summed E-state index contributed by atoms with van der Waals surface area (Å²) in [6.45, 7) is 0.614. The van der Waals surface area contributed by atoms with Gasteiger partial charge in [0.25, 0.3) is 16.4 Å². The van der Waals surface area contributed by atoms with Gasteiger partial charge in [-0.05, 0) is 6.92 Å². The van der Waals surface area contributed by atoms with Crippen LogP contribution in [0.15, 0.2) is 4.21 Å². The fourth-order valence-electron chi connectivity index (χ4n) is 1.02. The Morgan fingerprint density at radius 1 is 1.56 bits per heavy atom. The summed E-state index contributed by atoms with van der Waals surface area (Å²) in [5, 5.41) is 0. The Kier molecular flexibility index (Phi) is 4.22. The van der Waals surface area contributed by atoms with Crippen molar-refractivity contribution in [3.63, 3.8) is 0 Å². The summed E-state index contributed by atoms with van der Waals surface area (Å²) in [6.07, 6.45) is -2.72. The predicted octanol–water partition coefficient (Wildman–Crippen LogP) is 1.99. The quantitative estimate of drug-likeness (QED) is 0.852. The van der Waals surface area contributed by atoms with E-state index < -0.39 is 23.0 Å². The molecular formula is C7H9ClF2N2O2S2. The Labute approximate surface area is 101 Å². The van der Waals surface area contributed by atoms with E-state index in [9.17, 15) is 17.2 Å². The van der Waals surface area contributed by atoms with E-state index in [4.69, 9.17) is 11.6 Å². The van der Waals surface area contributed by atoms with E-state index in [2.05, 4.69) is 4.98 Å². The summed E-state index contributed by atoms with van der Waals surface area (Å²) < 4.78 is 48.4. The molecule has 1 heterocycles. The average molecular weight is 291 g/mol. The number of halogens is 3. The van der Waals surface area contributed by atoms with Crippen LogP contribution in [0.1, 0.15) is 5.69 Å². The molecule has 92 valence electrons. The van der Waals surface area contributed by atoms with Gasteiger partial charge < -0.3 is 0 Å². The zero-order chi connectivity index (χ0) is 12.5. The fraction of sp³-hybridized carbons (Fsp3) is 0.571. The summed E-state index contributed by atoms with van der Waals surface area (Å²) in [6, 6.07) is 0. The number of sulfonamides is 1. The first-order valence-electron chi connectivity index (χ1n) is 4.12. The topological polar surface area (TPSA) is 50.3 Å². The minimum Gasteiger partial charge on any atom is -0.229 e. The van der Waals surface area contributed by atoms with Crippen molar-refractivity contribution in [2.24, 2.45) is 0 Å². The summed E-state index contributed by atoms with van der Waals surface area (Å²) in [5.41, 5.74) is 0.219. The molecule has 0 radical (unpaired) electrons. The Hall–Kier alpha value is -0.310. The summed E-state index contributed by atoms with van der Waals surface area (Å²) in [7, 11) is -2.83. The van der Waals surface area contributed by atoms with E-state index in [1.807, 2.05) is 0 Å². The standard InChI is InChI=1S/C7H9ClF2N2O2S2/c1-4-6(15-7(8)11-4)16(13,14)12(2)3-5(9)10/h5H,3H2,1-2H3. The second kappa shape index (κ2) is 4.91. The molecule has 0 N–H and O–H groups in total. The van der Waals surface area contributed by atoms with E-state index in [-0.39, 0.29) is 14.4 Å². The van der Waals surface area contributed by atoms with E-state index in [1.165, 1.54) is 6.92 Å². The molecule has 0 amide bonds. The molecule has 9 heteroatoms. The highest BCUT2D eigenvalue weighted by atomic mass is 35.5. The molecule has 1 rings (SSSR count). The number of nitrogens with zero attached hydrogens (tertiary/aromatic N) is 2. The van der Waals surface area contributed by atoms with Crippen LogP contribution in [0.25, 0.3) is 0 Å². The molecule has 0 atom stereocenters. The molecule has 0 spiro atoms. The third-order valence-electron chi connectivity index (χ3n) is 1.77. The Bertz CT molecular complexity index is 475. The molecule has 0 fully saturated rings. The van der Waals surface area contributed by atoms with Crippen LogP contribution >= 0.6 is 22.9 Å². The first-order valence-corrected chi connectivity index (χ1v) is 6.76. The lowest BCUT2D eigenvalue weighted by Gasteiger charge is -2.15. The van der Waals surface area contributed by atoms with Crippen molar-refractivity contribution >= 4 is 33.0 Å². The van der Waals surface area contributed by atoms with Crippen LogP contribution in [0.5, 0.6) is 0 Å². The van der Waals surface area contributed by atoms with Gasteiger partial charge in [-0.1, -0.05) is 22.9 Å². The average Bonchev–Trinajstić information content (AvgIpc) is 2.44. The van der Waals surface area contributed by atoms with Crippen LogP contribution in [-0.2, 0) is 10.0 Å². The maximum absolute atomic E-state index is 12.1. The minimum absolute atomic E-state index is 0.0709. The van der Waals surface area contributed by atoms with Gasteiger partial charge in [0.1, 0.15) is 0 Å². The number of thiazole rings is 1. The highest BCUT2D eigenvalue weighted by molar-refractivity contribution is 7.91. The van der Waals surface area contributed by atoms with Gasteiger partial charge in [-0.2, -0.15) is 4.31 Å². The van der Waals surface area contributed by atoms with E-state index >= 15 is 0 Å². The number of alkyl halides is 2. The van der Waals surface area contributed by atoms with Gasteiger partial charge in [-0.25, -0.2) is 22.2 Å². The summed E-state index contributed by atoms with van der Waals surface area (Å²) in [5.74, 6) is 0. The van der Waals surface area contributed by atoms with E-state index in [1.54, 1.807) is 0 Å². The maximum Gasteiger partial charge on any atom is 0.254 e. The minimum atomic E-state index is -3.92. The van der Waals surface area contributed by atoms with Gasteiger partial charge in [0, 0.05) is 7.05 Å². The number of hydrogen-bond donors (Lipinski definition) is 0. The van der Waals surface area contributed by atoms with Crippen molar-refractivity contribution in [2.75, 3.05) is 13.6 Å². The van der Waals surface area contributed by atoms with Crippen molar-refractivity contribution in [3.8, 4) is 0 Å². The summed E-state index contributed by atoms with van der Waals surface area (Å²) >= 11 is 6.31. The molecule has 0 aliphatic heterocycles. The second-order valence-electron chi connectivity index (χ2n) is 3.02. The number of aromatic nitrogens is 1. The highest BCUT2D eigenvalue weighted by Crippen LogP contribution is 2.28. The van der Waals surface area contributed by atoms with E-state index in [0.29, 0.717) is 4.31 Å². The van der Waals surface area contributed by atoms with Crippen molar-refractivity contribution in [1.29, 1.82) is 0 Å². The van der Waals surface area contributed by atoms with Crippen molar-refractivity contribution < 1.29 is 17.2 Å². The van der Waals surface area contributed by atoms with Gasteiger partial charge in [-0.15, -0.1) is 0 Å². The maximum atomic E-state index is 12.1. The molecule has 0 saturated heterocycles. The van der Waals surface area contributed by atoms with Crippen molar-refractivity contribution in [1.82, 2.24) is 9.29 Å². The first-order chi connectivity index (χ1) is 7.25. The molecule has 16 heavy (non-hydrogen) atoms. The van der Waals surface area contributed by atoms with Gasteiger partial charge >= 0.3 is 0 Å². The summed E-state index contributed by atoms with van der Waals surface area (Å²) in [4.78, 5) is 3.73. The Morgan fingerprint density at radius 3 is 2.50 bits per heavy atom. The molecule has 1 aromatic heterocycles. The normalized spacial score (nSPS) is 12.7. The smallest absolute Gasteiger partial charge is 0.229 e. The number of aryl methyl sites for hydroxylation is 1. The molecular weight excluding hydrogens is 282 g/mol. The number of hydrogen-bond acceptors (Lipinski definition) is 4. The molecule has 0 aliphatic rings. The van der Waals surface area contributed by atoms with Gasteiger partial charge in [0.2, 0.25) is 0 Å². The van der Waals surface area contributed by atoms with Crippen LogP contribution < -0.4 is 0 Å². The zero-order valence-electron chi connectivity index (χ0n) is 8.45. The lowest BCUT2D eigenvalue weighted by Crippen LogP contribution is -2.31. The monoisotopic (exact) mass is 290 g/mol. The van der Waals surface area contributed by atoms with E-state index in [0.717, 1.165) is 18.4 Å². The third kappa shape index (κ3) is 2.88. The first kappa shape index (κ1) is 13.8. The lowest BCUT2D eigenvalue weighted by molar-refractivity contribution is 0.126. The largest absolute Gasteiger partial charge is 0.254 e. The third-order valence-corrected chi connectivity index (χ3v) is 5.44. The Balaban J connectivity index is 3.07. The van der Waals surface area contributed by atoms with Crippen LogP contribution in [0.2, 0.25) is 4.47 Å². The van der Waals surface area contributed by atoms with Crippen molar-refractivity contribution in [3.05, 3.63) is 10.2 Å². The SMILES string of the molecule is Cc1nc(Cl)sc1S(=O)(=O)N(C)CC(F)F. The van der Waals surface area contributed by atoms with Crippen LogP contribution in [0, 0.1) is 6.92 Å². The molecule has 0 aliphatic carbocycles. The van der Waals surface area contributed by atoms with Crippen LogP contribution in [0.3, 0.4) is 0 Å². The molecule has 0 unspecified atom stereocenters. The second-order valence-corrected chi connectivity index (χ2v) is 6.84. The lowest BCUT2D eigenvalue weighted by atomic mass is 10.6. The highest BCUT2D eigenvalue weighted by Gasteiger charge is 2.28. The van der Waals surface area contributed by atoms with Gasteiger partial charge in [0.05, 0.1) is 12.2 Å². The van der Waals surface area contributed by atoms with Crippen molar-refractivity contribution in [2.45, 2.75) is 17.6 Å². The molecule has 4 nitrogen and oxygen atoms in total. The predicted molar refractivity (Wildman–Crippen MR) is 57.7 cm³/mol.